The van der Waals surface area contributed by atoms with Crippen LogP contribution in [0.4, 0.5) is 14.9 Å². The number of hydrogen-bond acceptors (Lipinski definition) is 4. The Bertz CT molecular complexity index is 787. The first kappa shape index (κ1) is 17.0. The summed E-state index contributed by atoms with van der Waals surface area (Å²) >= 11 is 0. The molecule has 2 aromatic rings. The third-order valence-corrected chi connectivity index (χ3v) is 5.39. The van der Waals surface area contributed by atoms with Crippen molar-refractivity contribution >= 4 is 11.8 Å². The molecule has 1 aliphatic carbocycles. The highest BCUT2D eigenvalue weighted by Crippen LogP contribution is 2.37. The van der Waals surface area contributed by atoms with Crippen LogP contribution >= 0.6 is 0 Å². The second-order valence-corrected chi connectivity index (χ2v) is 7.24. The van der Waals surface area contributed by atoms with Crippen LogP contribution in [-0.2, 0) is 11.3 Å². The van der Waals surface area contributed by atoms with Crippen molar-refractivity contribution in [3.63, 3.8) is 0 Å². The van der Waals surface area contributed by atoms with Crippen molar-refractivity contribution in [1.29, 1.82) is 0 Å². The van der Waals surface area contributed by atoms with Gasteiger partial charge in [-0.2, -0.15) is 0 Å². The number of carbonyl (C=O) groups is 1. The lowest BCUT2D eigenvalue weighted by molar-refractivity contribution is 0.129. The molecule has 1 unspecified atom stereocenters. The number of nitrogens with zero attached hydrogens (tertiary/aromatic N) is 4. The molecule has 0 spiro atoms. The van der Waals surface area contributed by atoms with Gasteiger partial charge in [-0.25, -0.2) is 13.9 Å². The minimum Gasteiger partial charge on any atom is -0.442 e. The normalized spacial score (nSPS) is 21.2. The number of aromatic nitrogens is 3. The van der Waals surface area contributed by atoms with Crippen molar-refractivity contribution < 1.29 is 13.9 Å². The summed E-state index contributed by atoms with van der Waals surface area (Å²) in [6.07, 6.45) is 8.18. The second-order valence-electron chi connectivity index (χ2n) is 7.24. The van der Waals surface area contributed by atoms with Gasteiger partial charge in [-0.05, 0) is 42.9 Å². The highest BCUT2D eigenvalue weighted by atomic mass is 19.1. The third-order valence-electron chi connectivity index (χ3n) is 5.39. The van der Waals surface area contributed by atoms with Crippen molar-refractivity contribution in [2.75, 3.05) is 11.4 Å². The summed E-state index contributed by atoms with van der Waals surface area (Å²) in [4.78, 5) is 13.8. The Morgan fingerprint density at radius 1 is 1.27 bits per heavy atom. The lowest BCUT2D eigenvalue weighted by Gasteiger charge is -2.24. The maximum Gasteiger partial charge on any atom is 0.414 e. The van der Waals surface area contributed by atoms with E-state index in [1.54, 1.807) is 17.1 Å². The van der Waals surface area contributed by atoms with E-state index in [1.807, 2.05) is 13.0 Å². The van der Waals surface area contributed by atoms with E-state index in [4.69, 9.17) is 4.74 Å². The topological polar surface area (TPSA) is 60.3 Å². The SMILES string of the molecule is Cc1cc(C2CCCCC2)c(F)cc1N1CC(Cn2ccnn2)OC1=O. The minimum atomic E-state index is -0.442. The average molecular weight is 358 g/mol. The van der Waals surface area contributed by atoms with Crippen molar-refractivity contribution in [3.05, 3.63) is 41.5 Å². The third kappa shape index (κ3) is 3.30. The lowest BCUT2D eigenvalue weighted by Crippen LogP contribution is -2.27. The first-order valence-corrected chi connectivity index (χ1v) is 9.24. The van der Waals surface area contributed by atoms with Crippen molar-refractivity contribution in [2.24, 2.45) is 0 Å². The summed E-state index contributed by atoms with van der Waals surface area (Å²) in [7, 11) is 0. The Kier molecular flexibility index (Phi) is 4.61. The van der Waals surface area contributed by atoms with Crippen LogP contribution in [0.25, 0.3) is 0 Å². The molecule has 2 heterocycles. The average Bonchev–Trinajstić information content (AvgIpc) is 3.27. The van der Waals surface area contributed by atoms with Crippen molar-refractivity contribution in [2.45, 2.75) is 57.6 Å². The maximum absolute atomic E-state index is 14.8. The van der Waals surface area contributed by atoms with Gasteiger partial charge >= 0.3 is 6.09 Å². The molecule has 1 amide bonds. The molecule has 4 rings (SSSR count). The number of amides is 1. The molecule has 2 aliphatic rings. The van der Waals surface area contributed by atoms with Gasteiger partial charge in [0.15, 0.2) is 0 Å². The van der Waals surface area contributed by atoms with E-state index in [-0.39, 0.29) is 11.9 Å². The Morgan fingerprint density at radius 3 is 2.81 bits per heavy atom. The number of ether oxygens (including phenoxy) is 1. The summed E-state index contributed by atoms with van der Waals surface area (Å²) in [5, 5.41) is 7.64. The van der Waals surface area contributed by atoms with Crippen molar-refractivity contribution in [1.82, 2.24) is 15.0 Å². The molecule has 0 N–H and O–H groups in total. The minimum absolute atomic E-state index is 0.218. The van der Waals surface area contributed by atoms with Crippen LogP contribution in [0.5, 0.6) is 0 Å². The summed E-state index contributed by atoms with van der Waals surface area (Å²) in [5.74, 6) is 0.0760. The number of aryl methyl sites for hydroxylation is 1. The summed E-state index contributed by atoms with van der Waals surface area (Å²) < 4.78 is 21.8. The highest BCUT2D eigenvalue weighted by molar-refractivity contribution is 5.90. The quantitative estimate of drug-likeness (QED) is 0.834. The number of cyclic esters (lactones) is 1. The summed E-state index contributed by atoms with van der Waals surface area (Å²) in [6.45, 7) is 2.74. The molecule has 2 fully saturated rings. The zero-order valence-corrected chi connectivity index (χ0v) is 14.9. The van der Waals surface area contributed by atoms with Crippen LogP contribution in [0.2, 0.25) is 0 Å². The van der Waals surface area contributed by atoms with Gasteiger partial charge in [0.25, 0.3) is 0 Å². The number of hydrogen-bond donors (Lipinski definition) is 0. The standard InChI is InChI=1S/C19H23FN4O2/c1-13-9-16(14-5-3-2-4-6-14)17(20)10-18(13)24-12-15(26-19(24)25)11-23-8-7-21-22-23/h7-10,14-15H,2-6,11-12H2,1H3. The second kappa shape index (κ2) is 7.05. The van der Waals surface area contributed by atoms with E-state index in [1.165, 1.54) is 17.4 Å². The van der Waals surface area contributed by atoms with E-state index < -0.39 is 6.09 Å². The van der Waals surface area contributed by atoms with E-state index in [0.29, 0.717) is 24.7 Å². The van der Waals surface area contributed by atoms with Crippen LogP contribution in [0.1, 0.15) is 49.1 Å². The fourth-order valence-electron chi connectivity index (χ4n) is 4.06. The molecule has 0 radical (unpaired) electrons. The largest absolute Gasteiger partial charge is 0.442 e. The molecule has 7 heteroatoms. The van der Waals surface area contributed by atoms with Crippen LogP contribution in [0.3, 0.4) is 0 Å². The Morgan fingerprint density at radius 2 is 2.08 bits per heavy atom. The van der Waals surface area contributed by atoms with Gasteiger partial charge in [0, 0.05) is 6.20 Å². The Balaban J connectivity index is 1.53. The van der Waals surface area contributed by atoms with Gasteiger partial charge in [-0.3, -0.25) is 4.90 Å². The molecule has 1 atom stereocenters. The zero-order valence-electron chi connectivity index (χ0n) is 14.9. The monoisotopic (exact) mass is 358 g/mol. The summed E-state index contributed by atoms with van der Waals surface area (Å²) in [5.41, 5.74) is 2.29. The molecule has 1 aromatic heterocycles. The van der Waals surface area contributed by atoms with E-state index in [2.05, 4.69) is 10.3 Å². The maximum atomic E-state index is 14.8. The molecule has 6 nitrogen and oxygen atoms in total. The molecular weight excluding hydrogens is 335 g/mol. The molecular formula is C19H23FN4O2. The predicted molar refractivity (Wildman–Crippen MR) is 94.6 cm³/mol. The Hall–Kier alpha value is -2.44. The van der Waals surface area contributed by atoms with Crippen molar-refractivity contribution in [3.8, 4) is 0 Å². The van der Waals surface area contributed by atoms with Crippen LogP contribution in [0.15, 0.2) is 24.5 Å². The van der Waals surface area contributed by atoms with Gasteiger partial charge in [-0.15, -0.1) is 5.10 Å². The lowest BCUT2D eigenvalue weighted by atomic mass is 9.83. The first-order valence-electron chi connectivity index (χ1n) is 9.24. The van der Waals surface area contributed by atoms with Gasteiger partial charge in [-0.1, -0.05) is 30.5 Å². The van der Waals surface area contributed by atoms with Gasteiger partial charge in [0.05, 0.1) is 25.0 Å². The molecule has 26 heavy (non-hydrogen) atoms. The molecule has 1 saturated carbocycles. The fourth-order valence-corrected chi connectivity index (χ4v) is 4.06. The fraction of sp³-hybridized carbons (Fsp3) is 0.526. The van der Waals surface area contributed by atoms with E-state index >= 15 is 0 Å². The van der Waals surface area contributed by atoms with Crippen LogP contribution < -0.4 is 4.90 Å². The molecule has 0 bridgehead atoms. The highest BCUT2D eigenvalue weighted by Gasteiger charge is 2.34. The number of carbonyl (C=O) groups excluding carboxylic acids is 1. The Labute approximate surface area is 151 Å². The van der Waals surface area contributed by atoms with Gasteiger partial charge < -0.3 is 4.74 Å². The van der Waals surface area contributed by atoms with Gasteiger partial charge in [0.2, 0.25) is 0 Å². The van der Waals surface area contributed by atoms with Crippen LogP contribution in [0, 0.1) is 12.7 Å². The smallest absolute Gasteiger partial charge is 0.414 e. The summed E-state index contributed by atoms with van der Waals surface area (Å²) in [6, 6.07) is 3.41. The van der Waals surface area contributed by atoms with Crippen LogP contribution in [-0.4, -0.2) is 33.7 Å². The van der Waals surface area contributed by atoms with E-state index in [9.17, 15) is 9.18 Å². The molecule has 1 saturated heterocycles. The number of anilines is 1. The number of halogens is 1. The van der Waals surface area contributed by atoms with Gasteiger partial charge in [0.1, 0.15) is 11.9 Å². The first-order chi connectivity index (χ1) is 12.6. The molecule has 138 valence electrons. The predicted octanol–water partition coefficient (Wildman–Crippen LogP) is 3.80. The molecule has 1 aliphatic heterocycles. The van der Waals surface area contributed by atoms with E-state index in [0.717, 1.165) is 36.8 Å². The number of benzene rings is 1. The zero-order chi connectivity index (χ0) is 18.1. The molecule has 1 aromatic carbocycles. The number of rotatable bonds is 4.